The van der Waals surface area contributed by atoms with Crippen molar-refractivity contribution < 1.29 is 24.4 Å². The van der Waals surface area contributed by atoms with Crippen LogP contribution in [-0.4, -0.2) is 23.9 Å². The van der Waals surface area contributed by atoms with Gasteiger partial charge in [0.05, 0.1) is 23.8 Å². The summed E-state index contributed by atoms with van der Waals surface area (Å²) in [6, 6.07) is 3.68. The maximum Gasteiger partial charge on any atom is 0.273 e. The minimum atomic E-state index is -1.33. The Morgan fingerprint density at radius 3 is 2.58 bits per heavy atom. The molecule has 0 aliphatic rings. The lowest BCUT2D eigenvalue weighted by atomic mass is 10.2. The number of ether oxygens (including phenoxy) is 1. The van der Waals surface area contributed by atoms with Gasteiger partial charge in [0.15, 0.2) is 0 Å². The maximum atomic E-state index is 11.4. The van der Waals surface area contributed by atoms with Gasteiger partial charge >= 0.3 is 0 Å². The third-order valence-corrected chi connectivity index (χ3v) is 2.23. The van der Waals surface area contributed by atoms with Crippen molar-refractivity contribution in [2.24, 2.45) is 0 Å². The molecule has 0 saturated heterocycles. The van der Waals surface area contributed by atoms with Gasteiger partial charge in [-0.2, -0.15) is 0 Å². The molecule has 0 radical (unpaired) electrons. The molecule has 1 aromatic rings. The summed E-state index contributed by atoms with van der Waals surface area (Å²) in [5, 5.41) is 23.2. The monoisotopic (exact) mass is 267 g/mol. The Balaban J connectivity index is 2.80. The summed E-state index contributed by atoms with van der Waals surface area (Å²) in [6.45, 7) is 0. The summed E-state index contributed by atoms with van der Waals surface area (Å²) < 4.78 is 4.91. The molecule has 0 aromatic heterocycles. The van der Waals surface area contributed by atoms with Gasteiger partial charge in [0.25, 0.3) is 5.69 Å². The summed E-state index contributed by atoms with van der Waals surface area (Å²) in [4.78, 5) is 31.6. The third kappa shape index (κ3) is 4.26. The van der Waals surface area contributed by atoms with E-state index in [-0.39, 0.29) is 23.5 Å². The molecular weight excluding hydrogens is 256 g/mol. The molecule has 8 nitrogen and oxygen atoms in total. The van der Waals surface area contributed by atoms with Gasteiger partial charge in [0.2, 0.25) is 5.91 Å². The zero-order chi connectivity index (χ0) is 14.4. The first kappa shape index (κ1) is 14.4. The van der Waals surface area contributed by atoms with Gasteiger partial charge in [-0.05, 0) is 12.5 Å². The zero-order valence-electron chi connectivity index (χ0n) is 10.0. The Morgan fingerprint density at radius 1 is 1.37 bits per heavy atom. The van der Waals surface area contributed by atoms with Crippen molar-refractivity contribution in [1.82, 2.24) is 0 Å². The highest BCUT2D eigenvalue weighted by Gasteiger charge is 2.13. The number of nitro groups is 1. The molecule has 0 fully saturated rings. The van der Waals surface area contributed by atoms with E-state index in [9.17, 15) is 24.8 Å². The lowest BCUT2D eigenvalue weighted by Crippen LogP contribution is -2.24. The van der Waals surface area contributed by atoms with Crippen LogP contribution in [0.15, 0.2) is 18.2 Å². The first-order valence-electron chi connectivity index (χ1n) is 5.26. The Bertz CT molecular complexity index is 514. The molecule has 0 bridgehead atoms. The maximum absolute atomic E-state index is 11.4. The number of carbonyl (C=O) groups excluding carboxylic acids is 2. The lowest BCUT2D eigenvalue weighted by Gasteiger charge is -2.10. The van der Waals surface area contributed by atoms with E-state index in [0.29, 0.717) is 0 Å². The number of amides is 1. The smallest absolute Gasteiger partial charge is 0.273 e. The molecule has 102 valence electrons. The normalized spacial score (nSPS) is 9.74. The fourth-order valence-corrected chi connectivity index (χ4v) is 1.33. The van der Waals surface area contributed by atoms with Crippen LogP contribution in [-0.2, 0) is 9.59 Å². The van der Waals surface area contributed by atoms with Crippen molar-refractivity contribution in [2.45, 2.75) is 12.8 Å². The van der Waals surface area contributed by atoms with Gasteiger partial charge in [-0.1, -0.05) is 0 Å². The van der Waals surface area contributed by atoms with Crippen LogP contribution in [0.25, 0.3) is 0 Å². The summed E-state index contributed by atoms with van der Waals surface area (Å²) in [5.41, 5.74) is 0.0565. The predicted molar refractivity (Wildman–Crippen MR) is 62.5 cm³/mol. The van der Waals surface area contributed by atoms with Crippen molar-refractivity contribution in [2.75, 3.05) is 12.4 Å². The highest BCUT2D eigenvalue weighted by Crippen LogP contribution is 2.29. The van der Waals surface area contributed by atoms with Crippen LogP contribution in [0.3, 0.4) is 0 Å². The number of nitro benzene ring substituents is 1. The molecule has 8 heteroatoms. The van der Waals surface area contributed by atoms with Crippen LogP contribution >= 0.6 is 0 Å². The van der Waals surface area contributed by atoms with Crippen LogP contribution in [0.2, 0.25) is 0 Å². The fourth-order valence-electron chi connectivity index (χ4n) is 1.33. The fraction of sp³-hybridized carbons (Fsp3) is 0.273. The van der Waals surface area contributed by atoms with Crippen molar-refractivity contribution in [1.29, 1.82) is 0 Å². The molecule has 19 heavy (non-hydrogen) atoms. The van der Waals surface area contributed by atoms with Gasteiger partial charge < -0.3 is 20.0 Å². The van der Waals surface area contributed by atoms with E-state index in [0.717, 1.165) is 6.07 Å². The molecule has 0 saturated carbocycles. The second-order valence-electron chi connectivity index (χ2n) is 3.56. The molecule has 1 N–H and O–H groups in total. The van der Waals surface area contributed by atoms with E-state index in [4.69, 9.17) is 4.74 Å². The number of rotatable bonds is 6. The molecule has 0 atom stereocenters. The topological polar surface area (TPSA) is 122 Å². The number of nitrogens with zero attached hydrogens (tertiary/aromatic N) is 1. The largest absolute Gasteiger partial charge is 0.550 e. The number of benzene rings is 1. The average Bonchev–Trinajstić information content (AvgIpc) is 2.36. The number of non-ortho nitro benzene ring substituents is 1. The van der Waals surface area contributed by atoms with E-state index in [1.807, 2.05) is 0 Å². The standard InChI is InChI=1S/C11H12N2O6/c1-19-9-6-7(13(17)18)2-3-8(9)12-10(14)4-5-11(15)16/h2-3,6H,4-5H2,1H3,(H,12,14)(H,15,16)/p-1. The van der Waals surface area contributed by atoms with E-state index < -0.39 is 23.2 Å². The molecule has 0 heterocycles. The summed E-state index contributed by atoms with van der Waals surface area (Å²) in [7, 11) is 1.30. The van der Waals surface area contributed by atoms with E-state index >= 15 is 0 Å². The number of carboxylic acid groups (broad SMARTS) is 1. The summed E-state index contributed by atoms with van der Waals surface area (Å²) >= 11 is 0. The molecule has 0 aliphatic carbocycles. The minimum Gasteiger partial charge on any atom is -0.550 e. The predicted octanol–water partition coefficient (Wildman–Crippen LogP) is 0.0720. The van der Waals surface area contributed by atoms with Crippen molar-refractivity contribution in [3.8, 4) is 5.75 Å². The molecule has 1 rings (SSSR count). The Labute approximate surface area is 108 Å². The van der Waals surface area contributed by atoms with Gasteiger partial charge in [-0.15, -0.1) is 0 Å². The Morgan fingerprint density at radius 2 is 2.05 bits per heavy atom. The van der Waals surface area contributed by atoms with Gasteiger partial charge in [0.1, 0.15) is 5.75 Å². The van der Waals surface area contributed by atoms with E-state index in [1.54, 1.807) is 0 Å². The number of hydrogen-bond donors (Lipinski definition) is 1. The van der Waals surface area contributed by atoms with Crippen molar-refractivity contribution in [3.63, 3.8) is 0 Å². The Kier molecular flexibility index (Phi) is 4.81. The van der Waals surface area contributed by atoms with Crippen LogP contribution in [0.4, 0.5) is 11.4 Å². The lowest BCUT2D eigenvalue weighted by molar-refractivity contribution is -0.384. The van der Waals surface area contributed by atoms with Crippen LogP contribution in [0.1, 0.15) is 12.8 Å². The highest BCUT2D eigenvalue weighted by atomic mass is 16.6. The molecular formula is C11H11N2O6-. The van der Waals surface area contributed by atoms with E-state index in [2.05, 4.69) is 5.32 Å². The number of carbonyl (C=O) groups is 2. The average molecular weight is 267 g/mol. The zero-order valence-corrected chi connectivity index (χ0v) is 10.0. The quantitative estimate of drug-likeness (QED) is 0.575. The molecule has 0 aliphatic heterocycles. The van der Waals surface area contributed by atoms with Crippen LogP contribution in [0, 0.1) is 10.1 Å². The minimum absolute atomic E-state index is 0.121. The van der Waals surface area contributed by atoms with Gasteiger partial charge in [0, 0.05) is 18.5 Å². The molecule has 0 unspecified atom stereocenters. The first-order chi connectivity index (χ1) is 8.93. The molecule has 1 aromatic carbocycles. The van der Waals surface area contributed by atoms with E-state index in [1.165, 1.54) is 19.2 Å². The van der Waals surface area contributed by atoms with Crippen molar-refractivity contribution >= 4 is 23.3 Å². The number of nitrogens with one attached hydrogen (secondary N) is 1. The number of hydrogen-bond acceptors (Lipinski definition) is 6. The summed E-state index contributed by atoms with van der Waals surface area (Å²) in [5.74, 6) is -1.75. The van der Waals surface area contributed by atoms with Gasteiger partial charge in [-0.25, -0.2) is 0 Å². The molecule has 0 spiro atoms. The second kappa shape index (κ2) is 6.34. The number of carboxylic acids is 1. The van der Waals surface area contributed by atoms with Crippen LogP contribution < -0.4 is 15.2 Å². The highest BCUT2D eigenvalue weighted by molar-refractivity contribution is 5.93. The number of anilines is 1. The molecule has 1 amide bonds. The van der Waals surface area contributed by atoms with Crippen LogP contribution in [0.5, 0.6) is 5.75 Å². The SMILES string of the molecule is COc1cc([N+](=O)[O-])ccc1NC(=O)CCC(=O)[O-]. The van der Waals surface area contributed by atoms with Gasteiger partial charge in [-0.3, -0.25) is 14.9 Å². The number of aliphatic carboxylic acids is 1. The second-order valence-corrected chi connectivity index (χ2v) is 3.56. The number of methoxy groups -OCH3 is 1. The third-order valence-electron chi connectivity index (χ3n) is 2.23. The Hall–Kier alpha value is -2.64. The first-order valence-corrected chi connectivity index (χ1v) is 5.26. The van der Waals surface area contributed by atoms with Crippen molar-refractivity contribution in [3.05, 3.63) is 28.3 Å². The summed E-state index contributed by atoms with van der Waals surface area (Å²) in [6.07, 6.45) is -0.649.